The number of nitrogens with one attached hydrogen (secondary N) is 2. The van der Waals surface area contributed by atoms with Gasteiger partial charge < -0.3 is 25.0 Å². The Labute approximate surface area is 152 Å². The first-order chi connectivity index (χ1) is 12.8. The van der Waals surface area contributed by atoms with E-state index in [0.717, 1.165) is 32.0 Å². The molecular weight excluding hydrogens is 334 g/mol. The molecule has 3 rings (SSSR count). The Kier molecular flexibility index (Phi) is 6.21. The molecule has 26 heavy (non-hydrogen) atoms. The molecule has 0 bridgehead atoms. The topological polar surface area (TPSA) is 88.6 Å². The maximum Gasteiger partial charge on any atom is 0.255 e. The third-order valence-electron chi connectivity index (χ3n) is 4.08. The summed E-state index contributed by atoms with van der Waals surface area (Å²) in [6.07, 6.45) is 1.75. The van der Waals surface area contributed by atoms with Gasteiger partial charge in [-0.05, 0) is 12.1 Å². The standard InChI is InChI=1S/C18H23N5O3/c1-25-16-5-3-2-4-15(16)18(24)20-7-6-19-17-12-14(13-21-22-17)23-8-10-26-11-9-23/h2-5,12-13H,6-11H2,1H3,(H,19,22)(H,20,24). The van der Waals surface area contributed by atoms with Crippen molar-refractivity contribution in [3.05, 3.63) is 42.1 Å². The zero-order valence-corrected chi connectivity index (χ0v) is 14.8. The van der Waals surface area contributed by atoms with E-state index in [4.69, 9.17) is 9.47 Å². The predicted molar refractivity (Wildman–Crippen MR) is 98.9 cm³/mol. The SMILES string of the molecule is COc1ccccc1C(=O)NCCNc1cc(N2CCOCC2)cnn1. The van der Waals surface area contributed by atoms with Crippen LogP contribution in [0.3, 0.4) is 0 Å². The van der Waals surface area contributed by atoms with Gasteiger partial charge in [0.15, 0.2) is 5.82 Å². The van der Waals surface area contributed by atoms with Crippen LogP contribution < -0.4 is 20.3 Å². The summed E-state index contributed by atoms with van der Waals surface area (Å²) in [5, 5.41) is 14.2. The second-order valence-corrected chi connectivity index (χ2v) is 5.78. The summed E-state index contributed by atoms with van der Waals surface area (Å²) < 4.78 is 10.6. The molecule has 138 valence electrons. The maximum absolute atomic E-state index is 12.2. The van der Waals surface area contributed by atoms with Gasteiger partial charge in [-0.2, -0.15) is 5.10 Å². The van der Waals surface area contributed by atoms with Gasteiger partial charge in [0, 0.05) is 32.2 Å². The first kappa shape index (κ1) is 17.9. The van der Waals surface area contributed by atoms with E-state index in [1.807, 2.05) is 18.2 Å². The number of anilines is 2. The fourth-order valence-corrected chi connectivity index (χ4v) is 2.73. The lowest BCUT2D eigenvalue weighted by Gasteiger charge is -2.28. The molecule has 8 heteroatoms. The predicted octanol–water partition coefficient (Wildman–Crippen LogP) is 1.16. The monoisotopic (exact) mass is 357 g/mol. The van der Waals surface area contributed by atoms with E-state index in [0.29, 0.717) is 30.2 Å². The molecule has 0 radical (unpaired) electrons. The first-order valence-electron chi connectivity index (χ1n) is 8.58. The highest BCUT2D eigenvalue weighted by Crippen LogP contribution is 2.18. The van der Waals surface area contributed by atoms with E-state index < -0.39 is 0 Å². The zero-order chi connectivity index (χ0) is 18.2. The van der Waals surface area contributed by atoms with E-state index in [2.05, 4.69) is 25.7 Å². The number of hydrogen-bond acceptors (Lipinski definition) is 7. The van der Waals surface area contributed by atoms with Gasteiger partial charge in [0.1, 0.15) is 5.75 Å². The number of ether oxygens (including phenoxy) is 2. The molecule has 0 atom stereocenters. The average Bonchev–Trinajstić information content (AvgIpc) is 2.72. The van der Waals surface area contributed by atoms with Gasteiger partial charge in [-0.15, -0.1) is 5.10 Å². The molecule has 1 saturated heterocycles. The second kappa shape index (κ2) is 9.00. The van der Waals surface area contributed by atoms with E-state index in [-0.39, 0.29) is 5.91 Å². The van der Waals surface area contributed by atoms with Crippen molar-refractivity contribution in [2.45, 2.75) is 0 Å². The normalized spacial score (nSPS) is 14.0. The Hall–Kier alpha value is -2.87. The number of aromatic nitrogens is 2. The minimum atomic E-state index is -0.169. The van der Waals surface area contributed by atoms with Gasteiger partial charge in [0.05, 0.1) is 37.8 Å². The molecule has 1 amide bonds. The summed E-state index contributed by atoms with van der Waals surface area (Å²) in [5.41, 5.74) is 1.54. The highest BCUT2D eigenvalue weighted by molar-refractivity contribution is 5.96. The third kappa shape index (κ3) is 4.60. The van der Waals surface area contributed by atoms with Crippen molar-refractivity contribution in [3.8, 4) is 5.75 Å². The summed E-state index contributed by atoms with van der Waals surface area (Å²) in [5.74, 6) is 1.07. The molecule has 1 aliphatic heterocycles. The minimum Gasteiger partial charge on any atom is -0.496 e. The summed E-state index contributed by atoms with van der Waals surface area (Å²) in [4.78, 5) is 14.4. The molecule has 0 spiro atoms. The molecule has 1 aromatic heterocycles. The van der Waals surface area contributed by atoms with Crippen LogP contribution in [0.5, 0.6) is 5.75 Å². The molecule has 0 saturated carbocycles. The van der Waals surface area contributed by atoms with Crippen molar-refractivity contribution in [2.24, 2.45) is 0 Å². The van der Waals surface area contributed by atoms with Gasteiger partial charge in [0.2, 0.25) is 0 Å². The molecule has 1 aromatic carbocycles. The second-order valence-electron chi connectivity index (χ2n) is 5.78. The number of morpholine rings is 1. The van der Waals surface area contributed by atoms with Gasteiger partial charge in [-0.3, -0.25) is 4.79 Å². The van der Waals surface area contributed by atoms with Crippen LogP contribution in [0.2, 0.25) is 0 Å². The number of hydrogen-bond donors (Lipinski definition) is 2. The summed E-state index contributed by atoms with van der Waals surface area (Å²) in [6.45, 7) is 4.14. The summed E-state index contributed by atoms with van der Waals surface area (Å²) >= 11 is 0. The van der Waals surface area contributed by atoms with Crippen LogP contribution in [0.25, 0.3) is 0 Å². The fourth-order valence-electron chi connectivity index (χ4n) is 2.73. The Morgan fingerprint density at radius 2 is 2.08 bits per heavy atom. The maximum atomic E-state index is 12.2. The van der Waals surface area contributed by atoms with Crippen LogP contribution >= 0.6 is 0 Å². The van der Waals surface area contributed by atoms with Crippen molar-refractivity contribution < 1.29 is 14.3 Å². The van der Waals surface area contributed by atoms with E-state index in [1.165, 1.54) is 0 Å². The Morgan fingerprint density at radius 3 is 2.88 bits per heavy atom. The molecule has 8 nitrogen and oxygen atoms in total. The Balaban J connectivity index is 1.48. The van der Waals surface area contributed by atoms with Gasteiger partial charge in [-0.1, -0.05) is 12.1 Å². The van der Waals surface area contributed by atoms with E-state index >= 15 is 0 Å². The van der Waals surface area contributed by atoms with E-state index in [1.54, 1.807) is 25.4 Å². The quantitative estimate of drug-likeness (QED) is 0.719. The zero-order valence-electron chi connectivity index (χ0n) is 14.8. The Bertz CT molecular complexity index is 734. The number of nitrogens with zero attached hydrogens (tertiary/aromatic N) is 3. The van der Waals surface area contributed by atoms with E-state index in [9.17, 15) is 4.79 Å². The molecule has 0 unspecified atom stereocenters. The summed E-state index contributed by atoms with van der Waals surface area (Å²) in [6, 6.07) is 9.10. The van der Waals surface area contributed by atoms with Gasteiger partial charge >= 0.3 is 0 Å². The van der Waals surface area contributed by atoms with Crippen molar-refractivity contribution in [3.63, 3.8) is 0 Å². The van der Waals surface area contributed by atoms with Crippen LogP contribution in [-0.4, -0.2) is 62.6 Å². The highest BCUT2D eigenvalue weighted by Gasteiger charge is 2.13. The molecule has 2 aromatic rings. The number of amides is 1. The van der Waals surface area contributed by atoms with Crippen molar-refractivity contribution in [1.82, 2.24) is 15.5 Å². The lowest BCUT2D eigenvalue weighted by Crippen LogP contribution is -2.36. The van der Waals surface area contributed by atoms with Crippen molar-refractivity contribution >= 4 is 17.4 Å². The first-order valence-corrected chi connectivity index (χ1v) is 8.58. The van der Waals surface area contributed by atoms with Gasteiger partial charge in [0.25, 0.3) is 5.91 Å². The third-order valence-corrected chi connectivity index (χ3v) is 4.08. The minimum absolute atomic E-state index is 0.169. The number of para-hydroxylation sites is 1. The van der Waals surface area contributed by atoms with Crippen LogP contribution in [0.15, 0.2) is 36.5 Å². The van der Waals surface area contributed by atoms with Crippen LogP contribution in [0, 0.1) is 0 Å². The van der Waals surface area contributed by atoms with Crippen LogP contribution in [-0.2, 0) is 4.74 Å². The van der Waals surface area contributed by atoms with Crippen LogP contribution in [0.1, 0.15) is 10.4 Å². The Morgan fingerprint density at radius 1 is 1.27 bits per heavy atom. The molecule has 2 N–H and O–H groups in total. The lowest BCUT2D eigenvalue weighted by atomic mass is 10.2. The molecule has 2 heterocycles. The molecule has 1 aliphatic rings. The molecule has 0 aliphatic carbocycles. The fraction of sp³-hybridized carbons (Fsp3) is 0.389. The number of carbonyl (C=O) groups excluding carboxylic acids is 1. The molecule has 1 fully saturated rings. The highest BCUT2D eigenvalue weighted by atomic mass is 16.5. The van der Waals surface area contributed by atoms with Crippen LogP contribution in [0.4, 0.5) is 11.5 Å². The smallest absolute Gasteiger partial charge is 0.255 e. The number of benzene rings is 1. The van der Waals surface area contributed by atoms with Crippen molar-refractivity contribution in [2.75, 3.05) is 56.7 Å². The largest absolute Gasteiger partial charge is 0.496 e. The number of rotatable bonds is 7. The average molecular weight is 357 g/mol. The molecular formula is C18H23N5O3. The van der Waals surface area contributed by atoms with Gasteiger partial charge in [-0.25, -0.2) is 0 Å². The lowest BCUT2D eigenvalue weighted by molar-refractivity contribution is 0.0952. The van der Waals surface area contributed by atoms with Crippen molar-refractivity contribution in [1.29, 1.82) is 0 Å². The summed E-state index contributed by atoms with van der Waals surface area (Å²) in [7, 11) is 1.55. The number of methoxy groups -OCH3 is 1. The number of carbonyl (C=O) groups is 1.